The van der Waals surface area contributed by atoms with E-state index >= 15 is 0 Å². The minimum atomic E-state index is 0.645. The molecule has 1 N–H and O–H groups in total. The van der Waals surface area contributed by atoms with Crippen molar-refractivity contribution in [2.45, 2.75) is 49.8 Å². The molecule has 18 heavy (non-hydrogen) atoms. The van der Waals surface area contributed by atoms with Crippen LogP contribution < -0.4 is 5.32 Å². The van der Waals surface area contributed by atoms with Crippen LogP contribution in [-0.4, -0.2) is 22.8 Å². The first kappa shape index (κ1) is 13.9. The molecule has 2 rings (SSSR count). The average molecular weight is 264 g/mol. The normalized spacial score (nSPS) is 32.4. The van der Waals surface area contributed by atoms with Crippen LogP contribution in [0.25, 0.3) is 0 Å². The smallest absolute Gasteiger partial charge is 0.0278 e. The molecule has 0 aromatic carbocycles. The molecule has 100 valence electrons. The molecule has 2 nitrogen and oxygen atoms in total. The lowest BCUT2D eigenvalue weighted by Crippen LogP contribution is -2.46. The van der Waals surface area contributed by atoms with E-state index in [1.165, 1.54) is 17.7 Å². The number of thioether (sulfide) groups is 1. The molecule has 1 aliphatic carbocycles. The Balaban J connectivity index is 2.07. The molecule has 1 fully saturated rings. The SMILES string of the molecule is CCNC1CC(C)CC(C)C1Sc1ccncc1. The Labute approximate surface area is 115 Å². The molecule has 1 aliphatic rings. The topological polar surface area (TPSA) is 24.9 Å². The van der Waals surface area contributed by atoms with Crippen molar-refractivity contribution in [1.29, 1.82) is 0 Å². The Morgan fingerprint density at radius 3 is 2.67 bits per heavy atom. The molecule has 1 aromatic rings. The standard InChI is InChI=1S/C15H24N2S/c1-4-17-14-10-11(2)9-12(3)15(14)18-13-5-7-16-8-6-13/h5-8,11-12,14-15,17H,4,9-10H2,1-3H3. The summed E-state index contributed by atoms with van der Waals surface area (Å²) < 4.78 is 0. The fourth-order valence-electron chi connectivity index (χ4n) is 3.06. The highest BCUT2D eigenvalue weighted by atomic mass is 32.2. The van der Waals surface area contributed by atoms with Crippen molar-refractivity contribution in [3.8, 4) is 0 Å². The second-order valence-electron chi connectivity index (χ2n) is 5.48. The lowest BCUT2D eigenvalue weighted by atomic mass is 9.80. The van der Waals surface area contributed by atoms with Gasteiger partial charge in [-0.1, -0.05) is 20.8 Å². The summed E-state index contributed by atoms with van der Waals surface area (Å²) in [5, 5.41) is 4.36. The number of nitrogens with one attached hydrogen (secondary N) is 1. The van der Waals surface area contributed by atoms with E-state index in [4.69, 9.17) is 0 Å². The van der Waals surface area contributed by atoms with Gasteiger partial charge in [-0.2, -0.15) is 0 Å². The number of hydrogen-bond acceptors (Lipinski definition) is 3. The molecule has 3 heteroatoms. The molecule has 1 heterocycles. The molecule has 4 atom stereocenters. The van der Waals surface area contributed by atoms with Crippen LogP contribution in [0.1, 0.15) is 33.6 Å². The number of pyridine rings is 1. The van der Waals surface area contributed by atoms with Gasteiger partial charge in [0.15, 0.2) is 0 Å². The van der Waals surface area contributed by atoms with E-state index in [-0.39, 0.29) is 0 Å². The molecule has 1 aromatic heterocycles. The summed E-state index contributed by atoms with van der Waals surface area (Å²) in [7, 11) is 0. The van der Waals surface area contributed by atoms with Crippen molar-refractivity contribution in [2.24, 2.45) is 11.8 Å². The van der Waals surface area contributed by atoms with Gasteiger partial charge in [0.05, 0.1) is 0 Å². The molecule has 0 spiro atoms. The van der Waals surface area contributed by atoms with E-state index in [1.807, 2.05) is 24.2 Å². The summed E-state index contributed by atoms with van der Waals surface area (Å²) in [6.07, 6.45) is 6.44. The number of rotatable bonds is 4. The van der Waals surface area contributed by atoms with Gasteiger partial charge in [0.2, 0.25) is 0 Å². The first-order valence-electron chi connectivity index (χ1n) is 7.00. The highest BCUT2D eigenvalue weighted by Gasteiger charge is 2.34. The average Bonchev–Trinajstić information content (AvgIpc) is 2.35. The van der Waals surface area contributed by atoms with Gasteiger partial charge >= 0.3 is 0 Å². The predicted molar refractivity (Wildman–Crippen MR) is 78.9 cm³/mol. The van der Waals surface area contributed by atoms with Gasteiger partial charge in [-0.05, 0) is 43.4 Å². The Hall–Kier alpha value is -0.540. The predicted octanol–water partition coefficient (Wildman–Crippen LogP) is 3.59. The molecule has 0 amide bonds. The quantitative estimate of drug-likeness (QED) is 0.899. The van der Waals surface area contributed by atoms with Crippen LogP contribution in [0.5, 0.6) is 0 Å². The molecule has 1 saturated carbocycles. The molecule has 4 unspecified atom stereocenters. The molecule has 0 aliphatic heterocycles. The third-order valence-electron chi connectivity index (χ3n) is 3.78. The number of aromatic nitrogens is 1. The monoisotopic (exact) mass is 264 g/mol. The number of hydrogen-bond donors (Lipinski definition) is 1. The van der Waals surface area contributed by atoms with Crippen molar-refractivity contribution in [3.05, 3.63) is 24.5 Å². The van der Waals surface area contributed by atoms with Crippen LogP contribution >= 0.6 is 11.8 Å². The molecular formula is C15H24N2S. The lowest BCUT2D eigenvalue weighted by molar-refractivity contribution is 0.251. The van der Waals surface area contributed by atoms with Gasteiger partial charge in [0.25, 0.3) is 0 Å². The van der Waals surface area contributed by atoms with Gasteiger partial charge in [0.1, 0.15) is 0 Å². The van der Waals surface area contributed by atoms with Gasteiger partial charge in [0, 0.05) is 28.6 Å². The van der Waals surface area contributed by atoms with Crippen molar-refractivity contribution >= 4 is 11.8 Å². The Morgan fingerprint density at radius 2 is 2.00 bits per heavy atom. The fourth-order valence-corrected chi connectivity index (χ4v) is 4.37. The second-order valence-corrected chi connectivity index (χ2v) is 6.73. The second kappa shape index (κ2) is 6.58. The van der Waals surface area contributed by atoms with Crippen LogP contribution in [0.4, 0.5) is 0 Å². The van der Waals surface area contributed by atoms with Crippen LogP contribution in [0.15, 0.2) is 29.4 Å². The first-order valence-corrected chi connectivity index (χ1v) is 7.88. The minimum absolute atomic E-state index is 0.645. The summed E-state index contributed by atoms with van der Waals surface area (Å²) in [6.45, 7) is 8.06. The lowest BCUT2D eigenvalue weighted by Gasteiger charge is -2.39. The summed E-state index contributed by atoms with van der Waals surface area (Å²) in [4.78, 5) is 5.44. The van der Waals surface area contributed by atoms with Crippen molar-refractivity contribution < 1.29 is 0 Å². The zero-order chi connectivity index (χ0) is 13.0. The van der Waals surface area contributed by atoms with Gasteiger partial charge in [-0.15, -0.1) is 11.8 Å². The maximum Gasteiger partial charge on any atom is 0.0278 e. The highest BCUT2D eigenvalue weighted by Crippen LogP contribution is 2.39. The fraction of sp³-hybridized carbons (Fsp3) is 0.667. The zero-order valence-electron chi connectivity index (χ0n) is 11.6. The molecule has 0 saturated heterocycles. The van der Waals surface area contributed by atoms with E-state index in [9.17, 15) is 0 Å². The Kier molecular flexibility index (Phi) is 5.07. The maximum atomic E-state index is 4.10. The Morgan fingerprint density at radius 1 is 1.28 bits per heavy atom. The van der Waals surface area contributed by atoms with Crippen molar-refractivity contribution in [3.63, 3.8) is 0 Å². The van der Waals surface area contributed by atoms with E-state index in [0.29, 0.717) is 11.3 Å². The van der Waals surface area contributed by atoms with Gasteiger partial charge in [-0.3, -0.25) is 4.98 Å². The highest BCUT2D eigenvalue weighted by molar-refractivity contribution is 8.00. The van der Waals surface area contributed by atoms with E-state index < -0.39 is 0 Å². The van der Waals surface area contributed by atoms with E-state index in [0.717, 1.165) is 18.4 Å². The molecular weight excluding hydrogens is 240 g/mol. The maximum absolute atomic E-state index is 4.10. The minimum Gasteiger partial charge on any atom is -0.313 e. The first-order chi connectivity index (χ1) is 8.70. The van der Waals surface area contributed by atoms with Crippen LogP contribution in [0, 0.1) is 11.8 Å². The third kappa shape index (κ3) is 3.48. The molecule has 0 radical (unpaired) electrons. The van der Waals surface area contributed by atoms with Crippen molar-refractivity contribution in [1.82, 2.24) is 10.3 Å². The summed E-state index contributed by atoms with van der Waals surface area (Å²) in [6, 6.07) is 4.89. The van der Waals surface area contributed by atoms with E-state index in [1.54, 1.807) is 0 Å². The van der Waals surface area contributed by atoms with Gasteiger partial charge < -0.3 is 5.32 Å². The largest absolute Gasteiger partial charge is 0.313 e. The Bertz CT molecular complexity index is 355. The van der Waals surface area contributed by atoms with Crippen LogP contribution in [0.2, 0.25) is 0 Å². The third-order valence-corrected chi connectivity index (χ3v) is 5.39. The van der Waals surface area contributed by atoms with Gasteiger partial charge in [-0.25, -0.2) is 0 Å². The van der Waals surface area contributed by atoms with Crippen LogP contribution in [0.3, 0.4) is 0 Å². The summed E-state index contributed by atoms with van der Waals surface area (Å²) in [5.74, 6) is 1.62. The van der Waals surface area contributed by atoms with E-state index in [2.05, 4.69) is 43.2 Å². The molecule has 0 bridgehead atoms. The summed E-state index contributed by atoms with van der Waals surface area (Å²) in [5.41, 5.74) is 0. The number of nitrogens with zero attached hydrogens (tertiary/aromatic N) is 1. The van der Waals surface area contributed by atoms with Crippen LogP contribution in [-0.2, 0) is 0 Å². The van der Waals surface area contributed by atoms with Crippen molar-refractivity contribution in [2.75, 3.05) is 6.54 Å². The zero-order valence-corrected chi connectivity index (χ0v) is 12.4. The summed E-state index contributed by atoms with van der Waals surface area (Å²) >= 11 is 2.02.